The van der Waals surface area contributed by atoms with Gasteiger partial charge in [-0.05, 0) is 37.0 Å². The van der Waals surface area contributed by atoms with Crippen LogP contribution in [0.1, 0.15) is 18.4 Å². The summed E-state index contributed by atoms with van der Waals surface area (Å²) in [4.78, 5) is 12.2. The topological polar surface area (TPSA) is 75.7 Å². The Morgan fingerprint density at radius 1 is 1.36 bits per heavy atom. The maximum absolute atomic E-state index is 12.2. The number of rotatable bonds is 6. The largest absolute Gasteiger partial charge is 0.497 e. The summed E-state index contributed by atoms with van der Waals surface area (Å²) in [6.07, 6.45) is 3.16. The van der Waals surface area contributed by atoms with E-state index in [9.17, 15) is 13.2 Å². The Morgan fingerprint density at radius 2 is 2.05 bits per heavy atom. The standard InChI is InChI=1S/C15H22N2O4S/c1-21-13-7-5-12(6-8-13)9-10-16-15(18)14-4-3-11-17(14)22(2,19)20/h5-8,14H,3-4,9-11H2,1-2H3,(H,16,18)/t14-/m1/s1. The lowest BCUT2D eigenvalue weighted by Crippen LogP contribution is -2.45. The quantitative estimate of drug-likeness (QED) is 0.838. The second-order valence-corrected chi connectivity index (χ2v) is 7.36. The van der Waals surface area contributed by atoms with Crippen molar-refractivity contribution in [2.75, 3.05) is 26.5 Å². The zero-order chi connectivity index (χ0) is 16.2. The van der Waals surface area contributed by atoms with Crippen molar-refractivity contribution in [3.05, 3.63) is 29.8 Å². The van der Waals surface area contributed by atoms with Gasteiger partial charge in [-0.25, -0.2) is 8.42 Å². The molecule has 1 aromatic rings. The van der Waals surface area contributed by atoms with E-state index in [0.29, 0.717) is 25.9 Å². The second kappa shape index (κ2) is 7.11. The molecule has 0 spiro atoms. The molecule has 2 rings (SSSR count). The molecule has 1 aromatic carbocycles. The highest BCUT2D eigenvalue weighted by molar-refractivity contribution is 7.88. The Morgan fingerprint density at radius 3 is 2.64 bits per heavy atom. The first-order chi connectivity index (χ1) is 10.4. The van der Waals surface area contributed by atoms with Gasteiger partial charge in [0.05, 0.1) is 13.4 Å². The molecule has 0 aromatic heterocycles. The number of methoxy groups -OCH3 is 1. The van der Waals surface area contributed by atoms with Crippen molar-refractivity contribution in [2.24, 2.45) is 0 Å². The van der Waals surface area contributed by atoms with Gasteiger partial charge in [-0.1, -0.05) is 12.1 Å². The molecule has 0 unspecified atom stereocenters. The predicted molar refractivity (Wildman–Crippen MR) is 84.3 cm³/mol. The minimum atomic E-state index is -3.32. The van der Waals surface area contributed by atoms with E-state index in [-0.39, 0.29) is 5.91 Å². The van der Waals surface area contributed by atoms with Crippen molar-refractivity contribution >= 4 is 15.9 Å². The van der Waals surface area contributed by atoms with Crippen LogP contribution in [0.3, 0.4) is 0 Å². The molecule has 0 bridgehead atoms. The summed E-state index contributed by atoms with van der Waals surface area (Å²) in [7, 11) is -1.71. The van der Waals surface area contributed by atoms with Gasteiger partial charge in [-0.15, -0.1) is 0 Å². The van der Waals surface area contributed by atoms with Crippen LogP contribution in [-0.2, 0) is 21.2 Å². The summed E-state index contributed by atoms with van der Waals surface area (Å²) in [6, 6.07) is 7.08. The normalized spacial score (nSPS) is 19.1. The molecule has 0 radical (unpaired) electrons. The van der Waals surface area contributed by atoms with Crippen LogP contribution < -0.4 is 10.1 Å². The van der Waals surface area contributed by atoms with Gasteiger partial charge in [0.2, 0.25) is 15.9 Å². The van der Waals surface area contributed by atoms with E-state index in [1.165, 1.54) is 4.31 Å². The molecule has 122 valence electrons. The number of ether oxygens (including phenoxy) is 1. The first-order valence-electron chi connectivity index (χ1n) is 7.29. The SMILES string of the molecule is COc1ccc(CCNC(=O)[C@H]2CCCN2S(C)(=O)=O)cc1. The van der Waals surface area contributed by atoms with Crippen molar-refractivity contribution in [3.63, 3.8) is 0 Å². The molecule has 0 saturated carbocycles. The summed E-state index contributed by atoms with van der Waals surface area (Å²) < 4.78 is 29.7. The predicted octanol–water partition coefficient (Wildman–Crippen LogP) is 0.778. The Bertz CT molecular complexity index is 613. The lowest BCUT2D eigenvalue weighted by Gasteiger charge is -2.21. The molecule has 1 saturated heterocycles. The lowest BCUT2D eigenvalue weighted by molar-refractivity contribution is -0.124. The van der Waals surface area contributed by atoms with Gasteiger partial charge in [0.15, 0.2) is 0 Å². The summed E-state index contributed by atoms with van der Waals surface area (Å²) in [5, 5.41) is 2.83. The van der Waals surface area contributed by atoms with Crippen molar-refractivity contribution in [3.8, 4) is 5.75 Å². The maximum Gasteiger partial charge on any atom is 0.238 e. The molecular formula is C15H22N2O4S. The van der Waals surface area contributed by atoms with Gasteiger partial charge in [0.1, 0.15) is 11.8 Å². The number of amides is 1. The fraction of sp³-hybridized carbons (Fsp3) is 0.533. The first kappa shape index (κ1) is 16.8. The zero-order valence-electron chi connectivity index (χ0n) is 12.9. The molecule has 1 fully saturated rings. The van der Waals surface area contributed by atoms with Crippen LogP contribution >= 0.6 is 0 Å². The molecule has 1 heterocycles. The maximum atomic E-state index is 12.2. The van der Waals surface area contributed by atoms with Crippen LogP contribution in [0, 0.1) is 0 Å². The summed E-state index contributed by atoms with van der Waals surface area (Å²) in [6.45, 7) is 0.911. The van der Waals surface area contributed by atoms with E-state index in [2.05, 4.69) is 5.32 Å². The van der Waals surface area contributed by atoms with Crippen LogP contribution in [0.25, 0.3) is 0 Å². The van der Waals surface area contributed by atoms with Crippen LogP contribution in [0.5, 0.6) is 5.75 Å². The van der Waals surface area contributed by atoms with Gasteiger partial charge >= 0.3 is 0 Å². The number of nitrogens with zero attached hydrogens (tertiary/aromatic N) is 1. The van der Waals surface area contributed by atoms with Gasteiger partial charge in [0, 0.05) is 13.1 Å². The monoisotopic (exact) mass is 326 g/mol. The van der Waals surface area contributed by atoms with E-state index < -0.39 is 16.1 Å². The van der Waals surface area contributed by atoms with Crippen molar-refractivity contribution in [1.29, 1.82) is 0 Å². The number of nitrogens with one attached hydrogen (secondary N) is 1. The van der Waals surface area contributed by atoms with Crippen molar-refractivity contribution < 1.29 is 17.9 Å². The number of carbonyl (C=O) groups excluding carboxylic acids is 1. The lowest BCUT2D eigenvalue weighted by atomic mass is 10.1. The number of hydrogen-bond donors (Lipinski definition) is 1. The molecule has 1 N–H and O–H groups in total. The van der Waals surface area contributed by atoms with Gasteiger partial charge in [0.25, 0.3) is 0 Å². The molecule has 22 heavy (non-hydrogen) atoms. The van der Waals surface area contributed by atoms with E-state index in [1.807, 2.05) is 24.3 Å². The number of sulfonamides is 1. The molecule has 1 aliphatic heterocycles. The highest BCUT2D eigenvalue weighted by Crippen LogP contribution is 2.20. The molecule has 1 atom stereocenters. The average molecular weight is 326 g/mol. The highest BCUT2D eigenvalue weighted by atomic mass is 32.2. The minimum absolute atomic E-state index is 0.212. The summed E-state index contributed by atoms with van der Waals surface area (Å²) in [5.74, 6) is 0.582. The number of benzene rings is 1. The number of hydrogen-bond acceptors (Lipinski definition) is 4. The Balaban J connectivity index is 1.84. The van der Waals surface area contributed by atoms with Gasteiger partial charge in [-0.2, -0.15) is 4.31 Å². The smallest absolute Gasteiger partial charge is 0.238 e. The van der Waals surface area contributed by atoms with Gasteiger partial charge < -0.3 is 10.1 Å². The van der Waals surface area contributed by atoms with E-state index in [1.54, 1.807) is 7.11 Å². The third kappa shape index (κ3) is 4.20. The summed E-state index contributed by atoms with van der Waals surface area (Å²) >= 11 is 0. The molecule has 0 aliphatic carbocycles. The van der Waals surface area contributed by atoms with Crippen molar-refractivity contribution in [1.82, 2.24) is 9.62 Å². The van der Waals surface area contributed by atoms with Crippen LogP contribution in [0.2, 0.25) is 0 Å². The minimum Gasteiger partial charge on any atom is -0.497 e. The van der Waals surface area contributed by atoms with E-state index >= 15 is 0 Å². The van der Waals surface area contributed by atoms with E-state index in [4.69, 9.17) is 4.74 Å². The molecule has 7 heteroatoms. The second-order valence-electron chi connectivity index (χ2n) is 5.42. The summed E-state index contributed by atoms with van der Waals surface area (Å²) in [5.41, 5.74) is 1.09. The molecular weight excluding hydrogens is 304 g/mol. The molecule has 1 aliphatic rings. The fourth-order valence-corrected chi connectivity index (χ4v) is 3.76. The number of carbonyl (C=O) groups is 1. The van der Waals surface area contributed by atoms with Crippen LogP contribution in [0.4, 0.5) is 0 Å². The Kier molecular flexibility index (Phi) is 5.42. The molecule has 1 amide bonds. The molecule has 6 nitrogen and oxygen atoms in total. The average Bonchev–Trinajstić information content (AvgIpc) is 2.97. The van der Waals surface area contributed by atoms with Gasteiger partial charge in [-0.3, -0.25) is 4.79 Å². The Hall–Kier alpha value is -1.60. The van der Waals surface area contributed by atoms with Crippen molar-refractivity contribution in [2.45, 2.75) is 25.3 Å². The van der Waals surface area contributed by atoms with E-state index in [0.717, 1.165) is 24.0 Å². The third-order valence-corrected chi connectivity index (χ3v) is 5.09. The first-order valence-corrected chi connectivity index (χ1v) is 9.14. The Labute approximate surface area is 131 Å². The van der Waals surface area contributed by atoms with Crippen LogP contribution in [-0.4, -0.2) is 51.1 Å². The fourth-order valence-electron chi connectivity index (χ4n) is 2.64. The third-order valence-electron chi connectivity index (χ3n) is 3.80. The highest BCUT2D eigenvalue weighted by Gasteiger charge is 2.36. The zero-order valence-corrected chi connectivity index (χ0v) is 13.7. The van der Waals surface area contributed by atoms with Crippen LogP contribution in [0.15, 0.2) is 24.3 Å².